The number of benzene rings is 1. The van der Waals surface area contributed by atoms with Gasteiger partial charge in [-0.1, -0.05) is 0 Å². The number of rotatable bonds is 3. The minimum absolute atomic E-state index is 0.639. The Morgan fingerprint density at radius 3 is 3.12 bits per heavy atom. The summed E-state index contributed by atoms with van der Waals surface area (Å²) in [6.07, 6.45) is 3.38. The van der Waals surface area contributed by atoms with E-state index in [0.717, 1.165) is 25.4 Å². The third-order valence-electron chi connectivity index (χ3n) is 3.50. The van der Waals surface area contributed by atoms with Crippen molar-refractivity contribution in [1.29, 1.82) is 0 Å². The van der Waals surface area contributed by atoms with Gasteiger partial charge in [-0.2, -0.15) is 0 Å². The lowest BCUT2D eigenvalue weighted by atomic mass is 9.98. The van der Waals surface area contributed by atoms with E-state index >= 15 is 0 Å². The molecule has 90 valence electrons. The third kappa shape index (κ3) is 1.91. The number of aromatic amines is 1. The van der Waals surface area contributed by atoms with E-state index in [1.54, 1.807) is 0 Å². The van der Waals surface area contributed by atoms with E-state index in [0.29, 0.717) is 5.92 Å². The van der Waals surface area contributed by atoms with Crippen LogP contribution < -0.4 is 10.1 Å². The maximum atomic E-state index is 5.57. The first-order valence-corrected chi connectivity index (χ1v) is 6.33. The lowest BCUT2D eigenvalue weighted by Gasteiger charge is -2.08. The molecule has 2 heterocycles. The van der Waals surface area contributed by atoms with Crippen LogP contribution in [0.15, 0.2) is 24.4 Å². The van der Waals surface area contributed by atoms with Gasteiger partial charge in [0, 0.05) is 23.6 Å². The van der Waals surface area contributed by atoms with Crippen LogP contribution in [-0.2, 0) is 0 Å². The van der Waals surface area contributed by atoms with Crippen LogP contribution >= 0.6 is 0 Å². The van der Waals surface area contributed by atoms with Gasteiger partial charge in [-0.25, -0.2) is 0 Å². The molecule has 2 aromatic rings. The number of hydrogen-bond acceptors (Lipinski definition) is 2. The van der Waals surface area contributed by atoms with Crippen molar-refractivity contribution in [1.82, 2.24) is 10.3 Å². The summed E-state index contributed by atoms with van der Waals surface area (Å²) in [4.78, 5) is 3.35. The van der Waals surface area contributed by atoms with E-state index in [1.807, 2.05) is 13.0 Å². The summed E-state index contributed by atoms with van der Waals surface area (Å²) in [5.74, 6) is 1.60. The fourth-order valence-corrected chi connectivity index (χ4v) is 2.64. The van der Waals surface area contributed by atoms with Gasteiger partial charge < -0.3 is 15.0 Å². The molecule has 0 spiro atoms. The molecule has 1 atom stereocenters. The van der Waals surface area contributed by atoms with E-state index in [2.05, 4.69) is 28.6 Å². The van der Waals surface area contributed by atoms with Gasteiger partial charge in [0.2, 0.25) is 0 Å². The first-order chi connectivity index (χ1) is 8.38. The first-order valence-electron chi connectivity index (χ1n) is 6.33. The summed E-state index contributed by atoms with van der Waals surface area (Å²) < 4.78 is 5.57. The summed E-state index contributed by atoms with van der Waals surface area (Å²) in [6.45, 7) is 4.95. The Hall–Kier alpha value is -1.48. The predicted molar refractivity (Wildman–Crippen MR) is 69.7 cm³/mol. The van der Waals surface area contributed by atoms with Gasteiger partial charge in [0.15, 0.2) is 0 Å². The maximum Gasteiger partial charge on any atom is 0.120 e. The highest BCUT2D eigenvalue weighted by Gasteiger charge is 2.19. The van der Waals surface area contributed by atoms with E-state index in [4.69, 9.17) is 4.74 Å². The van der Waals surface area contributed by atoms with Gasteiger partial charge in [-0.3, -0.25) is 0 Å². The molecule has 0 amide bonds. The quantitative estimate of drug-likeness (QED) is 0.850. The molecule has 1 aliphatic heterocycles. The summed E-state index contributed by atoms with van der Waals surface area (Å²) in [5.41, 5.74) is 2.63. The Morgan fingerprint density at radius 1 is 1.41 bits per heavy atom. The van der Waals surface area contributed by atoms with Gasteiger partial charge in [0.1, 0.15) is 5.75 Å². The molecule has 1 aromatic heterocycles. The van der Waals surface area contributed by atoms with E-state index in [1.165, 1.54) is 22.9 Å². The van der Waals surface area contributed by atoms with Crippen molar-refractivity contribution in [3.8, 4) is 5.75 Å². The predicted octanol–water partition coefficient (Wildman–Crippen LogP) is 2.64. The molecule has 17 heavy (non-hydrogen) atoms. The number of H-pyrrole nitrogens is 1. The van der Waals surface area contributed by atoms with Crippen LogP contribution in [0.1, 0.15) is 24.8 Å². The fraction of sp³-hybridized carbons (Fsp3) is 0.429. The molecule has 3 rings (SSSR count). The zero-order valence-corrected chi connectivity index (χ0v) is 10.1. The highest BCUT2D eigenvalue weighted by Crippen LogP contribution is 2.31. The van der Waals surface area contributed by atoms with Gasteiger partial charge >= 0.3 is 0 Å². The van der Waals surface area contributed by atoms with Crippen molar-refractivity contribution in [2.75, 3.05) is 19.7 Å². The van der Waals surface area contributed by atoms with E-state index in [-0.39, 0.29) is 0 Å². The highest BCUT2D eigenvalue weighted by atomic mass is 16.5. The van der Waals surface area contributed by atoms with Crippen LogP contribution in [0.3, 0.4) is 0 Å². The standard InChI is InChI=1S/C14H18N2O/c1-2-17-11-3-4-14-12(7-11)13(9-16-14)10-5-6-15-8-10/h3-4,7,9-10,15-16H,2,5-6,8H2,1H3. The molecular formula is C14H18N2O. The fourth-order valence-electron chi connectivity index (χ4n) is 2.64. The van der Waals surface area contributed by atoms with Crippen LogP contribution in [-0.4, -0.2) is 24.7 Å². The minimum atomic E-state index is 0.639. The molecule has 1 aromatic carbocycles. The van der Waals surface area contributed by atoms with Crippen LogP contribution in [0.4, 0.5) is 0 Å². The molecule has 2 N–H and O–H groups in total. The topological polar surface area (TPSA) is 37.0 Å². The number of hydrogen-bond donors (Lipinski definition) is 2. The maximum absolute atomic E-state index is 5.57. The van der Waals surface area contributed by atoms with Gasteiger partial charge in [-0.05, 0) is 49.6 Å². The number of fused-ring (bicyclic) bond motifs is 1. The molecular weight excluding hydrogens is 212 g/mol. The molecule has 3 nitrogen and oxygen atoms in total. The van der Waals surface area contributed by atoms with Crippen molar-refractivity contribution in [2.45, 2.75) is 19.3 Å². The van der Waals surface area contributed by atoms with Crippen LogP contribution in [0.2, 0.25) is 0 Å². The molecule has 0 radical (unpaired) electrons. The average molecular weight is 230 g/mol. The largest absolute Gasteiger partial charge is 0.494 e. The SMILES string of the molecule is CCOc1ccc2[nH]cc(C3CCNC3)c2c1. The second-order valence-corrected chi connectivity index (χ2v) is 4.57. The monoisotopic (exact) mass is 230 g/mol. The van der Waals surface area contributed by atoms with Crippen molar-refractivity contribution in [3.05, 3.63) is 30.0 Å². The van der Waals surface area contributed by atoms with Gasteiger partial charge in [0.05, 0.1) is 6.61 Å². The van der Waals surface area contributed by atoms with Gasteiger partial charge in [-0.15, -0.1) is 0 Å². The molecule has 0 aliphatic carbocycles. The van der Waals surface area contributed by atoms with Crippen LogP contribution in [0.25, 0.3) is 10.9 Å². The Labute approximate surface area is 101 Å². The lowest BCUT2D eigenvalue weighted by molar-refractivity contribution is 0.340. The highest BCUT2D eigenvalue weighted by molar-refractivity contribution is 5.85. The molecule has 0 bridgehead atoms. The molecule has 3 heteroatoms. The lowest BCUT2D eigenvalue weighted by Crippen LogP contribution is -2.07. The summed E-state index contributed by atoms with van der Waals surface area (Å²) in [7, 11) is 0. The number of nitrogens with one attached hydrogen (secondary N) is 2. The van der Waals surface area contributed by atoms with Crippen molar-refractivity contribution in [2.24, 2.45) is 0 Å². The Balaban J connectivity index is 2.02. The molecule has 0 saturated carbocycles. The zero-order valence-electron chi connectivity index (χ0n) is 10.1. The number of ether oxygens (including phenoxy) is 1. The molecule has 1 unspecified atom stereocenters. The number of aromatic nitrogens is 1. The van der Waals surface area contributed by atoms with Gasteiger partial charge in [0.25, 0.3) is 0 Å². The van der Waals surface area contributed by atoms with Crippen molar-refractivity contribution >= 4 is 10.9 Å². The minimum Gasteiger partial charge on any atom is -0.494 e. The smallest absolute Gasteiger partial charge is 0.120 e. The first kappa shape index (κ1) is 10.7. The van der Waals surface area contributed by atoms with E-state index < -0.39 is 0 Å². The zero-order chi connectivity index (χ0) is 11.7. The Kier molecular flexibility index (Phi) is 2.77. The molecule has 1 fully saturated rings. The summed E-state index contributed by atoms with van der Waals surface area (Å²) >= 11 is 0. The Morgan fingerprint density at radius 2 is 2.35 bits per heavy atom. The second-order valence-electron chi connectivity index (χ2n) is 4.57. The normalized spacial score (nSPS) is 19.9. The van der Waals surface area contributed by atoms with Crippen LogP contribution in [0.5, 0.6) is 5.75 Å². The second kappa shape index (κ2) is 4.41. The third-order valence-corrected chi connectivity index (χ3v) is 3.50. The van der Waals surface area contributed by atoms with Crippen molar-refractivity contribution in [3.63, 3.8) is 0 Å². The summed E-state index contributed by atoms with van der Waals surface area (Å²) in [5, 5.41) is 4.73. The summed E-state index contributed by atoms with van der Waals surface area (Å²) in [6, 6.07) is 6.29. The average Bonchev–Trinajstić information content (AvgIpc) is 2.96. The molecule has 1 aliphatic rings. The van der Waals surface area contributed by atoms with Crippen LogP contribution in [0, 0.1) is 0 Å². The molecule has 1 saturated heterocycles. The van der Waals surface area contributed by atoms with Crippen molar-refractivity contribution < 1.29 is 4.74 Å². The van der Waals surface area contributed by atoms with E-state index in [9.17, 15) is 0 Å². The Bertz CT molecular complexity index is 512.